The van der Waals surface area contributed by atoms with Gasteiger partial charge in [-0.2, -0.15) is 0 Å². The smallest absolute Gasteiger partial charge is 0.263 e. The maximum absolute atomic E-state index is 12.0. The molecule has 0 atom stereocenters. The summed E-state index contributed by atoms with van der Waals surface area (Å²) in [6, 6.07) is 23.3. The maximum Gasteiger partial charge on any atom is 0.263 e. The van der Waals surface area contributed by atoms with E-state index in [1.807, 2.05) is 60.7 Å². The molecular weight excluding hydrogens is 338 g/mol. The number of nitrogens with one attached hydrogen (secondary N) is 1. The number of hydrogen-bond acceptors (Lipinski definition) is 4. The molecule has 27 heavy (non-hydrogen) atoms. The molecule has 1 amide bonds. The van der Waals surface area contributed by atoms with Crippen LogP contribution >= 0.6 is 0 Å². The molecule has 1 heterocycles. The number of ether oxygens (including phenoxy) is 1. The van der Waals surface area contributed by atoms with E-state index in [0.29, 0.717) is 11.6 Å². The molecule has 3 aromatic rings. The second-order valence-electron chi connectivity index (χ2n) is 6.05. The van der Waals surface area contributed by atoms with Crippen LogP contribution < -0.4 is 15.0 Å². The number of benzene rings is 2. The van der Waals surface area contributed by atoms with Crippen LogP contribution in [0.2, 0.25) is 0 Å². The summed E-state index contributed by atoms with van der Waals surface area (Å²) in [5.41, 5.74) is 2.26. The van der Waals surface area contributed by atoms with Gasteiger partial charge in [0.2, 0.25) is 0 Å². The van der Waals surface area contributed by atoms with Crippen LogP contribution in [0.15, 0.2) is 79.0 Å². The second kappa shape index (κ2) is 9.38. The fraction of sp³-hybridized carbons (Fsp3) is 0.182. The number of carbonyl (C=O) groups is 1. The first-order chi connectivity index (χ1) is 13.2. The molecule has 2 aromatic carbocycles. The molecule has 0 spiro atoms. The number of anilines is 2. The fourth-order valence-corrected chi connectivity index (χ4v) is 2.68. The molecule has 0 fully saturated rings. The van der Waals surface area contributed by atoms with Gasteiger partial charge in [-0.1, -0.05) is 48.5 Å². The Balaban J connectivity index is 1.55. The van der Waals surface area contributed by atoms with Crippen molar-refractivity contribution < 1.29 is 9.53 Å². The van der Waals surface area contributed by atoms with E-state index in [1.54, 1.807) is 6.20 Å². The lowest BCUT2D eigenvalue weighted by Crippen LogP contribution is -2.23. The molecule has 1 N–H and O–H groups in total. The third-order valence-corrected chi connectivity index (χ3v) is 4.09. The van der Waals surface area contributed by atoms with Crippen molar-refractivity contribution in [1.29, 1.82) is 0 Å². The number of aromatic nitrogens is 1. The largest absolute Gasteiger partial charge is 0.484 e. The molecule has 0 unspecified atom stereocenters. The van der Waals surface area contributed by atoms with Crippen molar-refractivity contribution in [3.05, 3.63) is 84.6 Å². The summed E-state index contributed by atoms with van der Waals surface area (Å²) in [6.07, 6.45) is 1.78. The summed E-state index contributed by atoms with van der Waals surface area (Å²) in [5, 5.41) is 2.75. The van der Waals surface area contributed by atoms with Crippen molar-refractivity contribution in [3.8, 4) is 5.75 Å². The minimum absolute atomic E-state index is 0.0530. The third-order valence-electron chi connectivity index (χ3n) is 4.09. The zero-order chi connectivity index (χ0) is 18.9. The van der Waals surface area contributed by atoms with Crippen LogP contribution in [0.1, 0.15) is 12.5 Å². The Morgan fingerprint density at radius 3 is 2.33 bits per heavy atom. The summed E-state index contributed by atoms with van der Waals surface area (Å²) in [6.45, 7) is 3.74. The molecule has 1 aromatic heterocycles. The van der Waals surface area contributed by atoms with Crippen LogP contribution in [0.5, 0.6) is 5.75 Å². The quantitative estimate of drug-likeness (QED) is 0.656. The molecule has 5 heteroatoms. The molecule has 0 aliphatic rings. The lowest BCUT2D eigenvalue weighted by atomic mass is 10.2. The van der Waals surface area contributed by atoms with E-state index in [2.05, 4.69) is 34.3 Å². The number of pyridine rings is 1. The minimum Gasteiger partial charge on any atom is -0.484 e. The van der Waals surface area contributed by atoms with Gasteiger partial charge in [-0.3, -0.25) is 4.79 Å². The van der Waals surface area contributed by atoms with Crippen molar-refractivity contribution in [2.45, 2.75) is 13.5 Å². The van der Waals surface area contributed by atoms with Gasteiger partial charge in [0, 0.05) is 13.1 Å². The van der Waals surface area contributed by atoms with E-state index in [4.69, 9.17) is 4.74 Å². The van der Waals surface area contributed by atoms with Gasteiger partial charge in [0.05, 0.1) is 11.9 Å². The zero-order valence-corrected chi connectivity index (χ0v) is 15.3. The topological polar surface area (TPSA) is 54.5 Å². The van der Waals surface area contributed by atoms with Crippen molar-refractivity contribution in [2.75, 3.05) is 23.4 Å². The highest BCUT2D eigenvalue weighted by molar-refractivity contribution is 5.91. The number of rotatable bonds is 8. The van der Waals surface area contributed by atoms with Gasteiger partial charge in [-0.05, 0) is 36.8 Å². The number of amides is 1. The van der Waals surface area contributed by atoms with Crippen LogP contribution in [0.3, 0.4) is 0 Å². The molecule has 0 saturated heterocycles. The molecule has 3 rings (SSSR count). The first-order valence-electron chi connectivity index (χ1n) is 8.97. The number of nitrogens with zero attached hydrogens (tertiary/aromatic N) is 2. The minimum atomic E-state index is -0.240. The summed E-state index contributed by atoms with van der Waals surface area (Å²) in [7, 11) is 0. The van der Waals surface area contributed by atoms with E-state index < -0.39 is 0 Å². The van der Waals surface area contributed by atoms with Crippen LogP contribution in [-0.4, -0.2) is 24.0 Å². The van der Waals surface area contributed by atoms with Crippen LogP contribution in [0.4, 0.5) is 11.5 Å². The van der Waals surface area contributed by atoms with Crippen molar-refractivity contribution in [1.82, 2.24) is 4.98 Å². The van der Waals surface area contributed by atoms with E-state index in [0.717, 1.165) is 18.8 Å². The van der Waals surface area contributed by atoms with Gasteiger partial charge in [-0.25, -0.2) is 4.98 Å². The second-order valence-corrected chi connectivity index (χ2v) is 6.05. The summed E-state index contributed by atoms with van der Waals surface area (Å²) in [4.78, 5) is 18.6. The zero-order valence-electron chi connectivity index (χ0n) is 15.3. The Kier molecular flexibility index (Phi) is 6.41. The lowest BCUT2D eigenvalue weighted by Gasteiger charge is -2.23. The van der Waals surface area contributed by atoms with Crippen LogP contribution in [0, 0.1) is 0 Å². The van der Waals surface area contributed by atoms with Gasteiger partial charge in [0.15, 0.2) is 6.61 Å². The lowest BCUT2D eigenvalue weighted by molar-refractivity contribution is -0.118. The molecule has 0 aliphatic carbocycles. The standard InChI is InChI=1S/C22H23N3O2/c1-2-25(16-18-9-5-3-6-10-18)19-13-14-21(23-15-19)24-22(26)17-27-20-11-7-4-8-12-20/h3-15H,2,16-17H2,1H3,(H,23,24,26). The Labute approximate surface area is 159 Å². The molecule has 0 aliphatic heterocycles. The average Bonchev–Trinajstić information content (AvgIpc) is 2.73. The van der Waals surface area contributed by atoms with E-state index >= 15 is 0 Å². The number of hydrogen-bond donors (Lipinski definition) is 1. The molecule has 0 bridgehead atoms. The van der Waals surface area contributed by atoms with E-state index in [1.165, 1.54) is 5.56 Å². The summed E-state index contributed by atoms with van der Waals surface area (Å²) < 4.78 is 5.44. The molecule has 0 radical (unpaired) electrons. The van der Waals surface area contributed by atoms with Crippen LogP contribution in [-0.2, 0) is 11.3 Å². The Bertz CT molecular complexity index is 836. The predicted octanol–water partition coefficient (Wildman–Crippen LogP) is 4.13. The Morgan fingerprint density at radius 2 is 1.70 bits per heavy atom. The van der Waals surface area contributed by atoms with Crippen molar-refractivity contribution in [2.24, 2.45) is 0 Å². The summed E-state index contributed by atoms with van der Waals surface area (Å²) in [5.74, 6) is 0.933. The first kappa shape index (κ1) is 18.5. The van der Waals surface area contributed by atoms with E-state index in [9.17, 15) is 4.79 Å². The van der Waals surface area contributed by atoms with Gasteiger partial charge in [0.1, 0.15) is 11.6 Å². The summed E-state index contributed by atoms with van der Waals surface area (Å²) >= 11 is 0. The van der Waals surface area contributed by atoms with Crippen molar-refractivity contribution >= 4 is 17.4 Å². The van der Waals surface area contributed by atoms with Crippen molar-refractivity contribution in [3.63, 3.8) is 0 Å². The highest BCUT2D eigenvalue weighted by atomic mass is 16.5. The normalized spacial score (nSPS) is 10.3. The Morgan fingerprint density at radius 1 is 1.00 bits per heavy atom. The van der Waals surface area contributed by atoms with Gasteiger partial charge in [0.25, 0.3) is 5.91 Å². The van der Waals surface area contributed by atoms with Gasteiger partial charge >= 0.3 is 0 Å². The average molecular weight is 361 g/mol. The third kappa shape index (κ3) is 5.57. The van der Waals surface area contributed by atoms with Crippen LogP contribution in [0.25, 0.3) is 0 Å². The molecular formula is C22H23N3O2. The first-order valence-corrected chi connectivity index (χ1v) is 8.97. The number of para-hydroxylation sites is 1. The van der Waals surface area contributed by atoms with Gasteiger partial charge < -0.3 is 15.0 Å². The number of carbonyl (C=O) groups excluding carboxylic acids is 1. The molecule has 138 valence electrons. The maximum atomic E-state index is 12.0. The van der Waals surface area contributed by atoms with E-state index in [-0.39, 0.29) is 12.5 Å². The van der Waals surface area contributed by atoms with Gasteiger partial charge in [-0.15, -0.1) is 0 Å². The predicted molar refractivity (Wildman–Crippen MR) is 108 cm³/mol. The Hall–Kier alpha value is -3.34. The molecule has 5 nitrogen and oxygen atoms in total. The monoisotopic (exact) mass is 361 g/mol. The highest BCUT2D eigenvalue weighted by Gasteiger charge is 2.08. The highest BCUT2D eigenvalue weighted by Crippen LogP contribution is 2.18. The molecule has 0 saturated carbocycles. The fourth-order valence-electron chi connectivity index (χ4n) is 2.68. The SMILES string of the molecule is CCN(Cc1ccccc1)c1ccc(NC(=O)COc2ccccc2)nc1.